The molecule has 2 aliphatic heterocycles. The Morgan fingerprint density at radius 1 is 1.14 bits per heavy atom. The summed E-state index contributed by atoms with van der Waals surface area (Å²) in [5, 5.41) is 0. The average molecular weight is 323 g/mol. The molecular weight excluding hydrogens is 303 g/mol. The number of nitrogens with zero attached hydrogens (tertiary/aromatic N) is 3. The molecule has 2 fully saturated rings. The highest BCUT2D eigenvalue weighted by atomic mass is 19.4. The number of hydrogen-bond donors (Lipinski definition) is 0. The third kappa shape index (κ3) is 5.04. The van der Waals surface area contributed by atoms with Crippen LogP contribution in [0.15, 0.2) is 0 Å². The van der Waals surface area contributed by atoms with Crippen molar-refractivity contribution >= 4 is 12.0 Å². The second kappa shape index (κ2) is 7.17. The molecule has 2 rings (SSSR count). The van der Waals surface area contributed by atoms with Crippen LogP contribution in [0.25, 0.3) is 0 Å². The van der Waals surface area contributed by atoms with Crippen LogP contribution in [0.3, 0.4) is 0 Å². The second-order valence-electron chi connectivity index (χ2n) is 5.48. The average Bonchev–Trinajstić information content (AvgIpc) is 2.71. The largest absolute Gasteiger partial charge is 0.448 e. The number of ether oxygens (including phenoxy) is 1. The van der Waals surface area contributed by atoms with Gasteiger partial charge in [-0.25, -0.2) is 4.79 Å². The Bertz CT molecular complexity index is 417. The minimum Gasteiger partial charge on any atom is -0.448 e. The molecule has 22 heavy (non-hydrogen) atoms. The van der Waals surface area contributed by atoms with Gasteiger partial charge in [0.1, 0.15) is 13.2 Å². The van der Waals surface area contributed by atoms with Crippen molar-refractivity contribution in [3.05, 3.63) is 0 Å². The maximum atomic E-state index is 12.2. The molecular formula is C13H20F3N3O3. The van der Waals surface area contributed by atoms with Crippen LogP contribution in [-0.4, -0.2) is 85.3 Å². The first-order valence-corrected chi connectivity index (χ1v) is 7.34. The lowest BCUT2D eigenvalue weighted by Gasteiger charge is -2.23. The van der Waals surface area contributed by atoms with Gasteiger partial charge >= 0.3 is 12.3 Å². The predicted molar refractivity (Wildman–Crippen MR) is 71.2 cm³/mol. The van der Waals surface area contributed by atoms with E-state index in [9.17, 15) is 22.8 Å². The second-order valence-corrected chi connectivity index (χ2v) is 5.48. The first kappa shape index (κ1) is 16.9. The SMILES string of the molecule is O=C(CN1CCOC1=O)N1CCCN(CCC(F)(F)F)CC1. The fourth-order valence-electron chi connectivity index (χ4n) is 2.56. The number of halogens is 3. The lowest BCUT2D eigenvalue weighted by atomic mass is 10.3. The smallest absolute Gasteiger partial charge is 0.410 e. The van der Waals surface area contributed by atoms with Crippen LogP contribution < -0.4 is 0 Å². The van der Waals surface area contributed by atoms with E-state index in [1.54, 1.807) is 9.80 Å². The molecule has 2 heterocycles. The van der Waals surface area contributed by atoms with Crippen molar-refractivity contribution in [1.82, 2.24) is 14.7 Å². The van der Waals surface area contributed by atoms with Gasteiger partial charge in [0, 0.05) is 26.2 Å². The maximum absolute atomic E-state index is 12.2. The molecule has 0 spiro atoms. The summed E-state index contributed by atoms with van der Waals surface area (Å²) in [5.74, 6) is -0.184. The molecule has 9 heteroatoms. The first-order chi connectivity index (χ1) is 10.3. The lowest BCUT2D eigenvalue weighted by Crippen LogP contribution is -2.42. The van der Waals surface area contributed by atoms with E-state index in [0.717, 1.165) is 0 Å². The highest BCUT2D eigenvalue weighted by Crippen LogP contribution is 2.20. The Labute approximate surface area is 126 Å². The fraction of sp³-hybridized carbons (Fsp3) is 0.846. The molecule has 0 aliphatic carbocycles. The number of carbonyl (C=O) groups is 2. The van der Waals surface area contributed by atoms with Crippen molar-refractivity contribution < 1.29 is 27.5 Å². The summed E-state index contributed by atoms with van der Waals surface area (Å²) in [6.45, 7) is 2.49. The molecule has 0 aromatic heterocycles. The highest BCUT2D eigenvalue weighted by Gasteiger charge is 2.30. The van der Waals surface area contributed by atoms with Gasteiger partial charge in [-0.05, 0) is 13.0 Å². The molecule has 0 N–H and O–H groups in total. The van der Waals surface area contributed by atoms with Crippen LogP contribution in [-0.2, 0) is 9.53 Å². The van der Waals surface area contributed by atoms with Crippen LogP contribution >= 0.6 is 0 Å². The Hall–Kier alpha value is -1.51. The van der Waals surface area contributed by atoms with Crippen LogP contribution in [0.2, 0.25) is 0 Å². The number of alkyl halides is 3. The van der Waals surface area contributed by atoms with Gasteiger partial charge in [-0.15, -0.1) is 0 Å². The molecule has 0 unspecified atom stereocenters. The summed E-state index contributed by atoms with van der Waals surface area (Å²) in [5.41, 5.74) is 0. The van der Waals surface area contributed by atoms with E-state index in [1.165, 1.54) is 4.90 Å². The van der Waals surface area contributed by atoms with Crippen molar-refractivity contribution in [2.45, 2.75) is 19.0 Å². The topological polar surface area (TPSA) is 53.1 Å². The Balaban J connectivity index is 1.77. The molecule has 2 saturated heterocycles. The van der Waals surface area contributed by atoms with Gasteiger partial charge in [0.15, 0.2) is 0 Å². The van der Waals surface area contributed by atoms with Crippen molar-refractivity contribution in [2.24, 2.45) is 0 Å². The normalized spacial score (nSPS) is 21.0. The van der Waals surface area contributed by atoms with Crippen LogP contribution in [0.1, 0.15) is 12.8 Å². The van der Waals surface area contributed by atoms with Crippen LogP contribution in [0, 0.1) is 0 Å². The summed E-state index contributed by atoms with van der Waals surface area (Å²) >= 11 is 0. The molecule has 0 atom stereocenters. The quantitative estimate of drug-likeness (QED) is 0.772. The van der Waals surface area contributed by atoms with E-state index >= 15 is 0 Å². The van der Waals surface area contributed by atoms with Crippen LogP contribution in [0.4, 0.5) is 18.0 Å². The molecule has 2 aliphatic rings. The van der Waals surface area contributed by atoms with Crippen LogP contribution in [0.5, 0.6) is 0 Å². The number of cyclic esters (lactones) is 1. The summed E-state index contributed by atoms with van der Waals surface area (Å²) < 4.78 is 41.5. The zero-order chi connectivity index (χ0) is 16.2. The Morgan fingerprint density at radius 3 is 2.55 bits per heavy atom. The zero-order valence-corrected chi connectivity index (χ0v) is 12.3. The van der Waals surface area contributed by atoms with Gasteiger partial charge in [0.2, 0.25) is 5.91 Å². The lowest BCUT2D eigenvalue weighted by molar-refractivity contribution is -0.138. The number of carbonyl (C=O) groups excluding carboxylic acids is 2. The molecule has 0 bridgehead atoms. The summed E-state index contributed by atoms with van der Waals surface area (Å²) in [6, 6.07) is 0. The third-order valence-corrected chi connectivity index (χ3v) is 3.82. The molecule has 0 radical (unpaired) electrons. The zero-order valence-electron chi connectivity index (χ0n) is 12.3. The minimum absolute atomic E-state index is 0.0264. The van der Waals surface area contributed by atoms with Crippen molar-refractivity contribution in [3.63, 3.8) is 0 Å². The van der Waals surface area contributed by atoms with Gasteiger partial charge in [0.05, 0.1) is 13.0 Å². The van der Waals surface area contributed by atoms with Crippen molar-refractivity contribution in [3.8, 4) is 0 Å². The molecule has 6 nitrogen and oxygen atoms in total. The molecule has 0 aromatic carbocycles. The van der Waals surface area contributed by atoms with E-state index in [0.29, 0.717) is 39.1 Å². The predicted octanol–water partition coefficient (Wildman–Crippen LogP) is 0.925. The molecule has 0 saturated carbocycles. The van der Waals surface area contributed by atoms with Gasteiger partial charge < -0.3 is 14.5 Å². The van der Waals surface area contributed by atoms with Gasteiger partial charge in [-0.1, -0.05) is 0 Å². The fourth-order valence-corrected chi connectivity index (χ4v) is 2.56. The highest BCUT2D eigenvalue weighted by molar-refractivity contribution is 5.82. The molecule has 2 amide bonds. The van der Waals surface area contributed by atoms with Crippen molar-refractivity contribution in [1.29, 1.82) is 0 Å². The van der Waals surface area contributed by atoms with E-state index in [1.807, 2.05) is 0 Å². The van der Waals surface area contributed by atoms with E-state index in [-0.39, 0.29) is 25.6 Å². The standard InChI is InChI=1S/C13H20F3N3O3/c14-13(15,16)2-5-17-3-1-4-18(7-6-17)11(20)10-19-8-9-22-12(19)21/h1-10H2. The number of amides is 2. The van der Waals surface area contributed by atoms with Gasteiger partial charge in [-0.2, -0.15) is 13.2 Å². The van der Waals surface area contributed by atoms with Crippen molar-refractivity contribution in [2.75, 3.05) is 52.4 Å². The summed E-state index contributed by atoms with van der Waals surface area (Å²) in [4.78, 5) is 28.1. The van der Waals surface area contributed by atoms with E-state index in [4.69, 9.17) is 4.74 Å². The maximum Gasteiger partial charge on any atom is 0.410 e. The molecule has 0 aromatic rings. The van der Waals surface area contributed by atoms with Gasteiger partial charge in [0.25, 0.3) is 0 Å². The summed E-state index contributed by atoms with van der Waals surface area (Å²) in [6.07, 6.45) is -4.85. The minimum atomic E-state index is -4.15. The Morgan fingerprint density at radius 2 is 1.91 bits per heavy atom. The Kier molecular flexibility index (Phi) is 5.49. The summed E-state index contributed by atoms with van der Waals surface area (Å²) in [7, 11) is 0. The first-order valence-electron chi connectivity index (χ1n) is 7.34. The number of rotatable bonds is 4. The van der Waals surface area contributed by atoms with E-state index in [2.05, 4.69) is 0 Å². The number of hydrogen-bond acceptors (Lipinski definition) is 4. The monoisotopic (exact) mass is 323 g/mol. The third-order valence-electron chi connectivity index (χ3n) is 3.82. The van der Waals surface area contributed by atoms with Gasteiger partial charge in [-0.3, -0.25) is 9.69 Å². The molecule has 126 valence electrons. The van der Waals surface area contributed by atoms with E-state index < -0.39 is 18.7 Å².